The van der Waals surface area contributed by atoms with Gasteiger partial charge < -0.3 is 9.52 Å². The van der Waals surface area contributed by atoms with Crippen LogP contribution in [0.5, 0.6) is 0 Å². The smallest absolute Gasteiger partial charge is 0.114 e. The van der Waals surface area contributed by atoms with Crippen LogP contribution in [0.4, 0.5) is 0 Å². The molecule has 0 aromatic carbocycles. The fourth-order valence-corrected chi connectivity index (χ4v) is 1.92. The first kappa shape index (κ1) is 9.28. The highest BCUT2D eigenvalue weighted by molar-refractivity contribution is 5.29. The Hall–Kier alpha value is -1.28. The summed E-state index contributed by atoms with van der Waals surface area (Å²) in [7, 11) is 0. The third-order valence-electron chi connectivity index (χ3n) is 2.71. The van der Waals surface area contributed by atoms with Gasteiger partial charge in [0.25, 0.3) is 0 Å². The third-order valence-corrected chi connectivity index (χ3v) is 2.71. The average Bonchev–Trinajstić information content (AvgIpc) is 2.73. The SMILES string of the molecule is OCCC1(c2ccco2)C=CC=CC1. The van der Waals surface area contributed by atoms with E-state index in [-0.39, 0.29) is 12.0 Å². The van der Waals surface area contributed by atoms with E-state index < -0.39 is 0 Å². The summed E-state index contributed by atoms with van der Waals surface area (Å²) in [5.41, 5.74) is -0.132. The summed E-state index contributed by atoms with van der Waals surface area (Å²) in [5, 5.41) is 9.08. The third kappa shape index (κ3) is 1.53. The summed E-state index contributed by atoms with van der Waals surface area (Å²) in [4.78, 5) is 0. The van der Waals surface area contributed by atoms with Crippen LogP contribution in [0.3, 0.4) is 0 Å². The van der Waals surface area contributed by atoms with Crippen LogP contribution < -0.4 is 0 Å². The molecular formula is C12H14O2. The van der Waals surface area contributed by atoms with E-state index in [1.807, 2.05) is 24.3 Å². The Morgan fingerprint density at radius 2 is 2.36 bits per heavy atom. The zero-order valence-electron chi connectivity index (χ0n) is 8.02. The number of aliphatic hydroxyl groups is 1. The van der Waals surface area contributed by atoms with Gasteiger partial charge in [0.2, 0.25) is 0 Å². The number of allylic oxidation sites excluding steroid dienone is 4. The van der Waals surface area contributed by atoms with Gasteiger partial charge in [0.15, 0.2) is 0 Å². The summed E-state index contributed by atoms with van der Waals surface area (Å²) < 4.78 is 5.43. The van der Waals surface area contributed by atoms with Crippen molar-refractivity contribution < 1.29 is 9.52 Å². The Kier molecular flexibility index (Phi) is 2.55. The first-order chi connectivity index (χ1) is 6.87. The molecule has 1 aliphatic carbocycles. The lowest BCUT2D eigenvalue weighted by atomic mass is 9.77. The van der Waals surface area contributed by atoms with Gasteiger partial charge in [0.1, 0.15) is 5.76 Å². The average molecular weight is 190 g/mol. The molecule has 1 aromatic rings. The molecule has 1 N–H and O–H groups in total. The standard InChI is InChI=1S/C12H14O2/c13-9-8-12(6-2-1-3-7-12)11-5-4-10-14-11/h1-6,10,13H,7-9H2. The number of hydrogen-bond donors (Lipinski definition) is 1. The van der Waals surface area contributed by atoms with Crippen molar-refractivity contribution in [1.29, 1.82) is 0 Å². The van der Waals surface area contributed by atoms with E-state index in [1.165, 1.54) is 0 Å². The number of furan rings is 1. The molecule has 1 heterocycles. The van der Waals surface area contributed by atoms with E-state index in [9.17, 15) is 0 Å². The second-order valence-electron chi connectivity index (χ2n) is 3.60. The molecule has 0 bridgehead atoms. The first-order valence-electron chi connectivity index (χ1n) is 4.87. The molecule has 0 fully saturated rings. The minimum atomic E-state index is -0.132. The van der Waals surface area contributed by atoms with Gasteiger partial charge in [0.05, 0.1) is 11.7 Å². The lowest BCUT2D eigenvalue weighted by molar-refractivity contribution is 0.241. The minimum absolute atomic E-state index is 0.132. The number of rotatable bonds is 3. The lowest BCUT2D eigenvalue weighted by Gasteiger charge is -2.28. The van der Waals surface area contributed by atoms with E-state index in [4.69, 9.17) is 9.52 Å². The van der Waals surface area contributed by atoms with Crippen molar-refractivity contribution in [3.63, 3.8) is 0 Å². The summed E-state index contributed by atoms with van der Waals surface area (Å²) in [6.45, 7) is 0.179. The van der Waals surface area contributed by atoms with Gasteiger partial charge in [0, 0.05) is 6.61 Å². The first-order valence-corrected chi connectivity index (χ1v) is 4.87. The van der Waals surface area contributed by atoms with Crippen molar-refractivity contribution >= 4 is 0 Å². The largest absolute Gasteiger partial charge is 0.468 e. The van der Waals surface area contributed by atoms with Crippen LogP contribution >= 0.6 is 0 Å². The normalized spacial score (nSPS) is 25.5. The van der Waals surface area contributed by atoms with Crippen LogP contribution in [0.1, 0.15) is 18.6 Å². The van der Waals surface area contributed by atoms with Crippen molar-refractivity contribution in [2.24, 2.45) is 0 Å². The Bertz CT molecular complexity index is 335. The van der Waals surface area contributed by atoms with E-state index in [1.54, 1.807) is 6.26 Å². The molecule has 1 atom stereocenters. The van der Waals surface area contributed by atoms with Gasteiger partial charge in [-0.1, -0.05) is 24.3 Å². The van der Waals surface area contributed by atoms with Gasteiger partial charge >= 0.3 is 0 Å². The Labute approximate surface area is 83.6 Å². The molecule has 74 valence electrons. The van der Waals surface area contributed by atoms with Gasteiger partial charge in [-0.05, 0) is 25.0 Å². The monoisotopic (exact) mass is 190 g/mol. The fourth-order valence-electron chi connectivity index (χ4n) is 1.92. The van der Waals surface area contributed by atoms with E-state index >= 15 is 0 Å². The molecule has 0 aliphatic heterocycles. The van der Waals surface area contributed by atoms with Crippen molar-refractivity contribution in [3.8, 4) is 0 Å². The topological polar surface area (TPSA) is 33.4 Å². The van der Waals surface area contributed by atoms with E-state index in [2.05, 4.69) is 12.2 Å². The molecule has 2 rings (SSSR count). The maximum Gasteiger partial charge on any atom is 0.114 e. The van der Waals surface area contributed by atoms with Crippen LogP contribution in [-0.4, -0.2) is 11.7 Å². The highest BCUT2D eigenvalue weighted by Crippen LogP contribution is 2.35. The van der Waals surface area contributed by atoms with Gasteiger partial charge in [-0.3, -0.25) is 0 Å². The summed E-state index contributed by atoms with van der Waals surface area (Å²) in [5.74, 6) is 0.937. The minimum Gasteiger partial charge on any atom is -0.468 e. The molecule has 1 aromatic heterocycles. The second-order valence-corrected chi connectivity index (χ2v) is 3.60. The van der Waals surface area contributed by atoms with E-state index in [0.717, 1.165) is 12.2 Å². The van der Waals surface area contributed by atoms with Crippen LogP contribution in [-0.2, 0) is 5.41 Å². The fraction of sp³-hybridized carbons (Fsp3) is 0.333. The lowest BCUT2D eigenvalue weighted by Crippen LogP contribution is -2.24. The maximum atomic E-state index is 9.08. The molecule has 2 heteroatoms. The Morgan fingerprint density at radius 1 is 1.43 bits per heavy atom. The predicted octanol–water partition coefficient (Wildman–Crippen LogP) is 2.42. The van der Waals surface area contributed by atoms with Crippen molar-refractivity contribution in [2.75, 3.05) is 6.61 Å². The van der Waals surface area contributed by atoms with Gasteiger partial charge in [-0.15, -0.1) is 0 Å². The highest BCUT2D eigenvalue weighted by Gasteiger charge is 2.31. The molecule has 0 amide bonds. The molecule has 14 heavy (non-hydrogen) atoms. The molecule has 0 radical (unpaired) electrons. The summed E-state index contributed by atoms with van der Waals surface area (Å²) in [6, 6.07) is 3.86. The van der Waals surface area contributed by atoms with Gasteiger partial charge in [-0.25, -0.2) is 0 Å². The van der Waals surface area contributed by atoms with Gasteiger partial charge in [-0.2, -0.15) is 0 Å². The summed E-state index contributed by atoms with van der Waals surface area (Å²) in [6.07, 6.45) is 11.6. The summed E-state index contributed by atoms with van der Waals surface area (Å²) >= 11 is 0. The van der Waals surface area contributed by atoms with Crippen LogP contribution in [0.25, 0.3) is 0 Å². The molecule has 2 nitrogen and oxygen atoms in total. The highest BCUT2D eigenvalue weighted by atomic mass is 16.3. The van der Waals surface area contributed by atoms with Crippen LogP contribution in [0, 0.1) is 0 Å². The van der Waals surface area contributed by atoms with Crippen molar-refractivity contribution in [3.05, 3.63) is 48.5 Å². The molecule has 1 aliphatic rings. The molecule has 1 unspecified atom stereocenters. The number of hydrogen-bond acceptors (Lipinski definition) is 2. The van der Waals surface area contributed by atoms with E-state index in [0.29, 0.717) is 6.42 Å². The maximum absolute atomic E-state index is 9.08. The van der Waals surface area contributed by atoms with Crippen LogP contribution in [0.2, 0.25) is 0 Å². The second kappa shape index (κ2) is 3.84. The van der Waals surface area contributed by atoms with Crippen molar-refractivity contribution in [2.45, 2.75) is 18.3 Å². The zero-order valence-corrected chi connectivity index (χ0v) is 8.02. The molecule has 0 saturated heterocycles. The quantitative estimate of drug-likeness (QED) is 0.794. The van der Waals surface area contributed by atoms with Crippen molar-refractivity contribution in [1.82, 2.24) is 0 Å². The predicted molar refractivity (Wildman–Crippen MR) is 55.0 cm³/mol. The zero-order chi connectivity index (χ0) is 9.86. The Morgan fingerprint density at radius 3 is 2.93 bits per heavy atom. The Balaban J connectivity index is 2.31. The van der Waals surface area contributed by atoms with Crippen LogP contribution in [0.15, 0.2) is 47.1 Å². The number of aliphatic hydroxyl groups excluding tert-OH is 1. The molecule has 0 saturated carbocycles. The molecular weight excluding hydrogens is 176 g/mol. The molecule has 0 spiro atoms.